The summed E-state index contributed by atoms with van der Waals surface area (Å²) in [5.41, 5.74) is 7.48. The van der Waals surface area contributed by atoms with Gasteiger partial charge in [-0.25, -0.2) is 0 Å². The first-order valence-electron chi connectivity index (χ1n) is 25.3. The van der Waals surface area contributed by atoms with Gasteiger partial charge in [0.05, 0.1) is 22.8 Å². The first kappa shape index (κ1) is 54.8. The molecule has 0 heterocycles. The molecule has 0 atom stereocenters. The Hall–Kier alpha value is -2.25. The van der Waals surface area contributed by atoms with E-state index in [-0.39, 0.29) is 16.5 Å². The minimum Gasteiger partial charge on any atom is -0.251 e. The van der Waals surface area contributed by atoms with Gasteiger partial charge in [-0.1, -0.05) is 217 Å². The van der Waals surface area contributed by atoms with Gasteiger partial charge in [0, 0.05) is 16.5 Å². The Labute approximate surface area is 377 Å². The summed E-state index contributed by atoms with van der Waals surface area (Å²) < 4.78 is 0. The van der Waals surface area contributed by atoms with Gasteiger partial charge >= 0.3 is 0 Å². The summed E-state index contributed by atoms with van der Waals surface area (Å²) in [5, 5.41) is 0. The number of unbranched alkanes of at least 4 members (excludes halogenated alkanes) is 24. The molecule has 0 aliphatic carbocycles. The average Bonchev–Trinajstić information content (AvgIpc) is 3.24. The normalized spacial score (nSPS) is 12.3. The van der Waals surface area contributed by atoms with E-state index >= 15 is 0 Å². The van der Waals surface area contributed by atoms with Gasteiger partial charge < -0.3 is 0 Å². The molecular weight excluding hydrogens is 759 g/mol. The Balaban J connectivity index is 0.0000174. The summed E-state index contributed by atoms with van der Waals surface area (Å²) in [7, 11) is 0. The Morgan fingerprint density at radius 2 is 0.661 bits per heavy atom. The Kier molecular flexibility index (Phi) is 38.2. The van der Waals surface area contributed by atoms with Crippen molar-refractivity contribution in [2.45, 2.75) is 246 Å². The fraction of sp³-hybridized carbons (Fsp3) is 0.679. The molecule has 3 heteroatoms. The van der Waals surface area contributed by atoms with E-state index in [1.807, 2.05) is 0 Å². The predicted molar refractivity (Wildman–Crippen MR) is 263 cm³/mol. The Morgan fingerprint density at radius 3 is 1.05 bits per heavy atom. The molecule has 0 fully saturated rings. The molecule has 2 aromatic rings. The summed E-state index contributed by atoms with van der Waals surface area (Å²) >= 11 is 0. The van der Waals surface area contributed by atoms with E-state index in [0.717, 1.165) is 56.3 Å². The first-order valence-corrected chi connectivity index (χ1v) is 25.3. The number of aryl methyl sites for hydroxylation is 2. The molecule has 0 aliphatic rings. The molecule has 0 unspecified atom stereocenters. The van der Waals surface area contributed by atoms with Crippen LogP contribution in [0.25, 0.3) is 0 Å². The molecule has 2 aromatic carbocycles. The molecular formula is C56H92N2Ni. The Morgan fingerprint density at radius 1 is 0.356 bits per heavy atom. The van der Waals surface area contributed by atoms with E-state index in [0.29, 0.717) is 0 Å². The SMILES string of the molecule is CCCCCCCCCCC/C=C/CCCc1ccccc1/N=C(CCCCCC)\C(CCCC)=N\c1ccccc1CCC/C=C/CCCCCCCCCCC.[Ni]. The smallest absolute Gasteiger partial charge is 0.0665 e. The molecule has 2 nitrogen and oxygen atoms in total. The van der Waals surface area contributed by atoms with Gasteiger partial charge in [0.2, 0.25) is 0 Å². The molecule has 0 spiro atoms. The van der Waals surface area contributed by atoms with Crippen molar-refractivity contribution in [2.75, 3.05) is 0 Å². The first-order chi connectivity index (χ1) is 28.7. The summed E-state index contributed by atoms with van der Waals surface area (Å²) in [6.07, 6.45) is 53.5. The molecule has 0 N–H and O–H groups in total. The second-order valence-corrected chi connectivity index (χ2v) is 17.3. The number of nitrogens with zero attached hydrogens (tertiary/aromatic N) is 2. The summed E-state index contributed by atoms with van der Waals surface area (Å²) in [6, 6.07) is 17.8. The minimum absolute atomic E-state index is 0. The van der Waals surface area contributed by atoms with Crippen LogP contribution in [0.1, 0.15) is 244 Å². The van der Waals surface area contributed by atoms with Crippen LogP contribution < -0.4 is 0 Å². The van der Waals surface area contributed by atoms with Crippen LogP contribution in [0.3, 0.4) is 0 Å². The molecule has 59 heavy (non-hydrogen) atoms. The molecule has 2 rings (SSSR count). The fourth-order valence-corrected chi connectivity index (χ4v) is 7.98. The maximum Gasteiger partial charge on any atom is 0.0665 e. The zero-order chi connectivity index (χ0) is 41.4. The number of benzene rings is 2. The molecule has 0 radical (unpaired) electrons. The standard InChI is InChI=1S/C56H92N2.Ni/c1-5-9-13-16-18-20-22-24-26-28-30-32-34-36-43-51-45-39-41-48-53(51)57-55(47-12-8-4)56(50-38-15-11-7-3)58-54-49-42-40-46-52(54)44-37-35-33-31-29-27-25-23-21-19-17-14-10-6-2;/h30-33,39-42,45-46,48-49H,5-29,34-38,43-44,47,50H2,1-4H3;/b32-30+,33-31+,57-55+,58-56-;. The van der Waals surface area contributed by atoms with Crippen molar-refractivity contribution in [1.29, 1.82) is 0 Å². The third kappa shape index (κ3) is 29.6. The van der Waals surface area contributed by atoms with Crippen molar-refractivity contribution in [3.8, 4) is 0 Å². The largest absolute Gasteiger partial charge is 0.251 e. The van der Waals surface area contributed by atoms with Crippen molar-refractivity contribution < 1.29 is 16.5 Å². The van der Waals surface area contributed by atoms with Crippen LogP contribution in [0.5, 0.6) is 0 Å². The van der Waals surface area contributed by atoms with Crippen LogP contribution in [0.2, 0.25) is 0 Å². The van der Waals surface area contributed by atoms with E-state index in [4.69, 9.17) is 9.98 Å². The van der Waals surface area contributed by atoms with Crippen LogP contribution in [-0.4, -0.2) is 11.4 Å². The Bertz CT molecular complexity index is 1350. The number of allylic oxidation sites excluding steroid dienone is 4. The van der Waals surface area contributed by atoms with Crippen molar-refractivity contribution >= 4 is 22.8 Å². The number of hydrogen-bond acceptors (Lipinski definition) is 2. The minimum atomic E-state index is 0. The molecule has 0 aliphatic heterocycles. The molecule has 0 amide bonds. The number of aliphatic imine (C=N–C) groups is 2. The third-order valence-corrected chi connectivity index (χ3v) is 11.8. The molecule has 0 bridgehead atoms. The molecule has 336 valence electrons. The van der Waals surface area contributed by atoms with Gasteiger partial charge in [0.25, 0.3) is 0 Å². The fourth-order valence-electron chi connectivity index (χ4n) is 7.98. The maximum atomic E-state index is 5.52. The summed E-state index contributed by atoms with van der Waals surface area (Å²) in [5.74, 6) is 0. The van der Waals surface area contributed by atoms with E-state index < -0.39 is 0 Å². The van der Waals surface area contributed by atoms with Gasteiger partial charge in [-0.2, -0.15) is 0 Å². The zero-order valence-electron chi connectivity index (χ0n) is 39.2. The zero-order valence-corrected chi connectivity index (χ0v) is 40.2. The van der Waals surface area contributed by atoms with E-state index in [9.17, 15) is 0 Å². The molecule has 0 aromatic heterocycles. The maximum absolute atomic E-state index is 5.52. The van der Waals surface area contributed by atoms with E-state index in [1.54, 1.807) is 0 Å². The number of rotatable bonds is 39. The van der Waals surface area contributed by atoms with Gasteiger partial charge in [0.15, 0.2) is 0 Å². The predicted octanol–water partition coefficient (Wildman–Crippen LogP) is 19.3. The van der Waals surface area contributed by atoms with Crippen LogP contribution in [-0.2, 0) is 29.3 Å². The molecule has 0 saturated carbocycles. The quantitative estimate of drug-likeness (QED) is 0.0277. The van der Waals surface area contributed by atoms with E-state index in [1.165, 1.54) is 196 Å². The van der Waals surface area contributed by atoms with Gasteiger partial charge in [0.1, 0.15) is 0 Å². The van der Waals surface area contributed by atoms with Crippen LogP contribution >= 0.6 is 0 Å². The second-order valence-electron chi connectivity index (χ2n) is 17.3. The number of para-hydroxylation sites is 2. The molecule has 0 saturated heterocycles. The monoisotopic (exact) mass is 851 g/mol. The second kappa shape index (κ2) is 41.1. The van der Waals surface area contributed by atoms with Crippen LogP contribution in [0.15, 0.2) is 82.8 Å². The van der Waals surface area contributed by atoms with Crippen molar-refractivity contribution in [3.63, 3.8) is 0 Å². The van der Waals surface area contributed by atoms with E-state index in [2.05, 4.69) is 101 Å². The summed E-state index contributed by atoms with van der Waals surface area (Å²) in [6.45, 7) is 9.20. The third-order valence-electron chi connectivity index (χ3n) is 11.8. The van der Waals surface area contributed by atoms with Gasteiger partial charge in [-0.3, -0.25) is 9.98 Å². The van der Waals surface area contributed by atoms with Crippen molar-refractivity contribution in [3.05, 3.63) is 84.0 Å². The van der Waals surface area contributed by atoms with Crippen molar-refractivity contribution in [2.24, 2.45) is 9.98 Å². The topological polar surface area (TPSA) is 24.7 Å². The average molecular weight is 852 g/mol. The van der Waals surface area contributed by atoms with Crippen molar-refractivity contribution in [1.82, 2.24) is 0 Å². The van der Waals surface area contributed by atoms with Crippen LogP contribution in [0, 0.1) is 0 Å². The van der Waals surface area contributed by atoms with Gasteiger partial charge in [-0.05, 0) is 113 Å². The number of hydrogen-bond donors (Lipinski definition) is 0. The van der Waals surface area contributed by atoms with Crippen LogP contribution in [0.4, 0.5) is 11.4 Å². The van der Waals surface area contributed by atoms with Gasteiger partial charge in [-0.15, -0.1) is 0 Å². The summed E-state index contributed by atoms with van der Waals surface area (Å²) in [4.78, 5) is 11.0.